The van der Waals surface area contributed by atoms with Crippen LogP contribution in [-0.2, 0) is 4.74 Å². The first-order valence-electron chi connectivity index (χ1n) is 5.30. The van der Waals surface area contributed by atoms with Crippen LogP contribution in [0.5, 0.6) is 0 Å². The molecule has 15 heavy (non-hydrogen) atoms. The largest absolute Gasteiger partial charge is 0.393 e. The molecule has 0 saturated carbocycles. The van der Waals surface area contributed by atoms with Crippen LogP contribution in [-0.4, -0.2) is 17.3 Å². The maximum absolute atomic E-state index is 9.71. The molecular weight excluding hydrogens is 188 g/mol. The van der Waals surface area contributed by atoms with Gasteiger partial charge in [0.2, 0.25) is 0 Å². The highest BCUT2D eigenvalue weighted by molar-refractivity contribution is 5.18. The third kappa shape index (κ3) is 2.46. The van der Waals surface area contributed by atoms with Crippen LogP contribution in [0.2, 0.25) is 0 Å². The zero-order valence-electron chi connectivity index (χ0n) is 8.67. The van der Waals surface area contributed by atoms with Crippen molar-refractivity contribution in [3.05, 3.63) is 48.6 Å². The molecule has 1 aliphatic heterocycles. The standard InChI is InChI=1S/C13H16O2/c1-2-12-8-11(14)9-13(15-12)10-6-4-3-5-7-10/h2-7,11-14H,1,8-9H2/t11-,12-,13-/m0/s1. The molecule has 1 aromatic carbocycles. The molecular formula is C13H16O2. The second-order valence-corrected chi connectivity index (χ2v) is 3.93. The molecule has 0 bridgehead atoms. The molecule has 0 radical (unpaired) electrons. The average molecular weight is 204 g/mol. The molecule has 0 unspecified atom stereocenters. The summed E-state index contributed by atoms with van der Waals surface area (Å²) in [6, 6.07) is 10.0. The van der Waals surface area contributed by atoms with Crippen LogP contribution in [0.15, 0.2) is 43.0 Å². The minimum atomic E-state index is -0.285. The van der Waals surface area contributed by atoms with Crippen LogP contribution in [0.1, 0.15) is 24.5 Å². The zero-order chi connectivity index (χ0) is 10.7. The van der Waals surface area contributed by atoms with Gasteiger partial charge in [0.1, 0.15) is 0 Å². The van der Waals surface area contributed by atoms with Crippen LogP contribution in [0, 0.1) is 0 Å². The number of benzene rings is 1. The fraction of sp³-hybridized carbons (Fsp3) is 0.385. The van der Waals surface area contributed by atoms with Crippen molar-refractivity contribution >= 4 is 0 Å². The molecule has 2 heteroatoms. The van der Waals surface area contributed by atoms with Gasteiger partial charge >= 0.3 is 0 Å². The molecule has 0 aliphatic carbocycles. The van der Waals surface area contributed by atoms with Gasteiger partial charge in [-0.3, -0.25) is 0 Å². The molecule has 1 heterocycles. The van der Waals surface area contributed by atoms with Gasteiger partial charge < -0.3 is 9.84 Å². The van der Waals surface area contributed by atoms with Crippen molar-refractivity contribution in [2.75, 3.05) is 0 Å². The quantitative estimate of drug-likeness (QED) is 0.750. The van der Waals surface area contributed by atoms with E-state index in [1.54, 1.807) is 6.08 Å². The van der Waals surface area contributed by atoms with Gasteiger partial charge in [0.05, 0.1) is 18.3 Å². The van der Waals surface area contributed by atoms with Crippen molar-refractivity contribution in [2.24, 2.45) is 0 Å². The fourth-order valence-electron chi connectivity index (χ4n) is 1.97. The number of hydrogen-bond acceptors (Lipinski definition) is 2. The van der Waals surface area contributed by atoms with Gasteiger partial charge in [-0.25, -0.2) is 0 Å². The Hall–Kier alpha value is -1.12. The van der Waals surface area contributed by atoms with E-state index < -0.39 is 0 Å². The number of aliphatic hydroxyl groups is 1. The molecule has 0 amide bonds. The lowest BCUT2D eigenvalue weighted by Crippen LogP contribution is -2.29. The lowest BCUT2D eigenvalue weighted by molar-refractivity contribution is -0.0776. The van der Waals surface area contributed by atoms with E-state index in [0.29, 0.717) is 12.8 Å². The van der Waals surface area contributed by atoms with E-state index in [1.807, 2.05) is 30.3 Å². The van der Waals surface area contributed by atoms with Crippen LogP contribution < -0.4 is 0 Å². The van der Waals surface area contributed by atoms with Gasteiger partial charge in [-0.1, -0.05) is 36.4 Å². The number of ether oxygens (including phenoxy) is 1. The Kier molecular flexibility index (Phi) is 3.19. The summed E-state index contributed by atoms with van der Waals surface area (Å²) in [4.78, 5) is 0. The highest BCUT2D eigenvalue weighted by Gasteiger charge is 2.27. The summed E-state index contributed by atoms with van der Waals surface area (Å²) in [5.74, 6) is 0. The topological polar surface area (TPSA) is 29.5 Å². The normalized spacial score (nSPS) is 31.1. The Labute approximate surface area is 90.2 Å². The van der Waals surface area contributed by atoms with E-state index in [2.05, 4.69) is 6.58 Å². The highest BCUT2D eigenvalue weighted by atomic mass is 16.5. The smallest absolute Gasteiger partial charge is 0.0857 e. The molecule has 1 fully saturated rings. The van der Waals surface area contributed by atoms with Gasteiger partial charge in [-0.15, -0.1) is 6.58 Å². The molecule has 3 atom stereocenters. The molecule has 1 saturated heterocycles. The Balaban J connectivity index is 2.12. The summed E-state index contributed by atoms with van der Waals surface area (Å²) in [5.41, 5.74) is 1.13. The minimum Gasteiger partial charge on any atom is -0.393 e. The third-order valence-corrected chi connectivity index (χ3v) is 2.76. The lowest BCUT2D eigenvalue weighted by atomic mass is 9.96. The minimum absolute atomic E-state index is 0.00190. The van der Waals surface area contributed by atoms with Crippen molar-refractivity contribution < 1.29 is 9.84 Å². The average Bonchev–Trinajstić information content (AvgIpc) is 2.29. The lowest BCUT2D eigenvalue weighted by Gasteiger charge is -2.31. The summed E-state index contributed by atoms with van der Waals surface area (Å²) in [5, 5.41) is 9.71. The molecule has 0 aromatic heterocycles. The van der Waals surface area contributed by atoms with Gasteiger partial charge in [0.25, 0.3) is 0 Å². The first-order chi connectivity index (χ1) is 7.29. The van der Waals surface area contributed by atoms with E-state index in [9.17, 15) is 5.11 Å². The Bertz CT molecular complexity index is 321. The van der Waals surface area contributed by atoms with Crippen molar-refractivity contribution in [1.82, 2.24) is 0 Å². The molecule has 2 nitrogen and oxygen atoms in total. The monoisotopic (exact) mass is 204 g/mol. The molecule has 1 N–H and O–H groups in total. The second kappa shape index (κ2) is 4.60. The van der Waals surface area contributed by atoms with Crippen LogP contribution >= 0.6 is 0 Å². The van der Waals surface area contributed by atoms with E-state index in [4.69, 9.17) is 4.74 Å². The van der Waals surface area contributed by atoms with Crippen LogP contribution in [0.25, 0.3) is 0 Å². The molecule has 2 rings (SSSR count). The van der Waals surface area contributed by atoms with Gasteiger partial charge in [-0.05, 0) is 5.56 Å². The predicted octanol–water partition coefficient (Wildman–Crippen LogP) is 2.45. The summed E-state index contributed by atoms with van der Waals surface area (Å²) < 4.78 is 5.81. The Morgan fingerprint density at radius 1 is 1.27 bits per heavy atom. The summed E-state index contributed by atoms with van der Waals surface area (Å²) in [7, 11) is 0. The van der Waals surface area contributed by atoms with E-state index in [0.717, 1.165) is 5.56 Å². The molecule has 1 aliphatic rings. The molecule has 1 aromatic rings. The van der Waals surface area contributed by atoms with Crippen LogP contribution in [0.3, 0.4) is 0 Å². The Morgan fingerprint density at radius 3 is 2.67 bits per heavy atom. The van der Waals surface area contributed by atoms with Crippen LogP contribution in [0.4, 0.5) is 0 Å². The maximum atomic E-state index is 9.71. The number of rotatable bonds is 2. The fourth-order valence-corrected chi connectivity index (χ4v) is 1.97. The maximum Gasteiger partial charge on any atom is 0.0857 e. The van der Waals surface area contributed by atoms with E-state index in [1.165, 1.54) is 0 Å². The van der Waals surface area contributed by atoms with Gasteiger partial charge in [0.15, 0.2) is 0 Å². The second-order valence-electron chi connectivity index (χ2n) is 3.93. The van der Waals surface area contributed by atoms with Crippen molar-refractivity contribution in [3.8, 4) is 0 Å². The molecule has 80 valence electrons. The van der Waals surface area contributed by atoms with Crippen molar-refractivity contribution in [1.29, 1.82) is 0 Å². The van der Waals surface area contributed by atoms with E-state index in [-0.39, 0.29) is 18.3 Å². The SMILES string of the molecule is C=C[C@H]1C[C@H](O)C[C@@H](c2ccccc2)O1. The van der Waals surface area contributed by atoms with Crippen molar-refractivity contribution in [2.45, 2.75) is 31.2 Å². The number of hydrogen-bond donors (Lipinski definition) is 1. The van der Waals surface area contributed by atoms with Gasteiger partial charge in [-0.2, -0.15) is 0 Å². The first-order valence-corrected chi connectivity index (χ1v) is 5.30. The third-order valence-electron chi connectivity index (χ3n) is 2.76. The van der Waals surface area contributed by atoms with E-state index >= 15 is 0 Å². The summed E-state index contributed by atoms with van der Waals surface area (Å²) >= 11 is 0. The number of aliphatic hydroxyl groups excluding tert-OH is 1. The highest BCUT2D eigenvalue weighted by Crippen LogP contribution is 2.31. The summed E-state index contributed by atoms with van der Waals surface area (Å²) in [6.07, 6.45) is 2.78. The zero-order valence-corrected chi connectivity index (χ0v) is 8.67. The van der Waals surface area contributed by atoms with Crippen molar-refractivity contribution in [3.63, 3.8) is 0 Å². The van der Waals surface area contributed by atoms with Gasteiger partial charge in [0, 0.05) is 12.8 Å². The first kappa shape index (κ1) is 10.4. The Morgan fingerprint density at radius 2 is 2.00 bits per heavy atom. The summed E-state index contributed by atoms with van der Waals surface area (Å²) in [6.45, 7) is 3.71. The predicted molar refractivity (Wildman–Crippen MR) is 59.5 cm³/mol. The molecule has 0 spiro atoms.